The Kier molecular flexibility index (Phi) is 5.81. The molecule has 0 radical (unpaired) electrons. The monoisotopic (exact) mass is 407 g/mol. The van der Waals surface area contributed by atoms with Gasteiger partial charge in [0.2, 0.25) is 0 Å². The van der Waals surface area contributed by atoms with E-state index in [1.165, 1.54) is 6.26 Å². The van der Waals surface area contributed by atoms with Gasteiger partial charge in [0.15, 0.2) is 5.76 Å². The number of hydrogen-bond acceptors (Lipinski definition) is 6. The Morgan fingerprint density at radius 3 is 2.57 bits per heavy atom. The number of para-hydroxylation sites is 1. The summed E-state index contributed by atoms with van der Waals surface area (Å²) in [6.07, 6.45) is 1.51. The minimum Gasteiger partial charge on any atom is -0.462 e. The number of pyridine rings is 1. The van der Waals surface area contributed by atoms with Crippen LogP contribution in [0.15, 0.2) is 47.1 Å². The Labute approximate surface area is 175 Å². The molecule has 156 valence electrons. The number of piperazine rings is 1. The van der Waals surface area contributed by atoms with E-state index in [9.17, 15) is 9.59 Å². The first kappa shape index (κ1) is 20.1. The molecule has 1 amide bonds. The molecule has 0 spiro atoms. The zero-order chi connectivity index (χ0) is 21.1. The van der Waals surface area contributed by atoms with Crippen LogP contribution < -0.4 is 0 Å². The quantitative estimate of drug-likeness (QED) is 0.604. The Morgan fingerprint density at radius 1 is 1.10 bits per heavy atom. The summed E-state index contributed by atoms with van der Waals surface area (Å²) in [7, 11) is 0. The van der Waals surface area contributed by atoms with Crippen LogP contribution in [0.25, 0.3) is 10.9 Å². The van der Waals surface area contributed by atoms with Gasteiger partial charge in [0.05, 0.1) is 29.6 Å². The third-order valence-electron chi connectivity index (χ3n) is 5.47. The average molecular weight is 407 g/mol. The van der Waals surface area contributed by atoms with Gasteiger partial charge in [0, 0.05) is 38.1 Å². The summed E-state index contributed by atoms with van der Waals surface area (Å²) < 4.78 is 10.5. The number of furan rings is 1. The van der Waals surface area contributed by atoms with Gasteiger partial charge in [-0.25, -0.2) is 4.79 Å². The molecule has 0 unspecified atom stereocenters. The second-order valence-electron chi connectivity index (χ2n) is 7.34. The molecule has 0 saturated carbocycles. The fourth-order valence-corrected chi connectivity index (χ4v) is 3.91. The highest BCUT2D eigenvalue weighted by atomic mass is 16.5. The lowest BCUT2D eigenvalue weighted by atomic mass is 10.0. The van der Waals surface area contributed by atoms with Crippen molar-refractivity contribution in [3.05, 3.63) is 65.2 Å². The molecule has 1 aromatic carbocycles. The number of esters is 1. The number of carbonyl (C=O) groups is 2. The number of benzene rings is 1. The molecule has 0 bridgehead atoms. The maximum Gasteiger partial charge on any atom is 0.340 e. The van der Waals surface area contributed by atoms with Crippen molar-refractivity contribution in [3.63, 3.8) is 0 Å². The first-order chi connectivity index (χ1) is 14.6. The topological polar surface area (TPSA) is 75.9 Å². The number of hydrogen-bond donors (Lipinski definition) is 0. The summed E-state index contributed by atoms with van der Waals surface area (Å²) in [5.41, 5.74) is 3.02. The summed E-state index contributed by atoms with van der Waals surface area (Å²) in [6.45, 7) is 7.18. The highest BCUT2D eigenvalue weighted by Gasteiger charge is 2.26. The third-order valence-corrected chi connectivity index (χ3v) is 5.47. The van der Waals surface area contributed by atoms with E-state index in [2.05, 4.69) is 4.90 Å². The van der Waals surface area contributed by atoms with Crippen LogP contribution in [0.1, 0.15) is 39.1 Å². The predicted molar refractivity (Wildman–Crippen MR) is 112 cm³/mol. The van der Waals surface area contributed by atoms with Crippen LogP contribution in [-0.4, -0.2) is 59.4 Å². The minimum atomic E-state index is -0.338. The lowest BCUT2D eigenvalue weighted by Crippen LogP contribution is -2.48. The Morgan fingerprint density at radius 2 is 1.87 bits per heavy atom. The largest absolute Gasteiger partial charge is 0.462 e. The van der Waals surface area contributed by atoms with Crippen molar-refractivity contribution in [1.82, 2.24) is 14.8 Å². The van der Waals surface area contributed by atoms with E-state index < -0.39 is 0 Å². The van der Waals surface area contributed by atoms with Gasteiger partial charge in [-0.3, -0.25) is 14.7 Å². The normalized spacial score (nSPS) is 14.8. The summed E-state index contributed by atoms with van der Waals surface area (Å²) in [5, 5.41) is 0.957. The molecule has 3 aromatic rings. The third kappa shape index (κ3) is 3.93. The average Bonchev–Trinajstić information content (AvgIpc) is 3.29. The van der Waals surface area contributed by atoms with Gasteiger partial charge >= 0.3 is 5.97 Å². The summed E-state index contributed by atoms with van der Waals surface area (Å²) in [4.78, 5) is 34.0. The fourth-order valence-electron chi connectivity index (χ4n) is 3.91. The van der Waals surface area contributed by atoms with E-state index in [4.69, 9.17) is 14.1 Å². The Bertz CT molecular complexity index is 1050. The highest BCUT2D eigenvalue weighted by molar-refractivity contribution is 5.98. The van der Waals surface area contributed by atoms with Gasteiger partial charge in [0.25, 0.3) is 5.91 Å². The second kappa shape index (κ2) is 8.67. The van der Waals surface area contributed by atoms with E-state index in [-0.39, 0.29) is 11.9 Å². The number of rotatable bonds is 5. The van der Waals surface area contributed by atoms with Crippen LogP contribution >= 0.6 is 0 Å². The standard InChI is InChI=1S/C23H25N3O4/c1-3-29-23(28)21-16(2)17-7-4-5-8-18(17)24-19(21)15-25-10-12-26(13-11-25)22(27)20-9-6-14-30-20/h4-9,14H,3,10-13,15H2,1-2H3. The van der Waals surface area contributed by atoms with E-state index in [0.29, 0.717) is 50.7 Å². The summed E-state index contributed by atoms with van der Waals surface area (Å²) in [5.74, 6) is -0.0682. The van der Waals surface area contributed by atoms with Crippen molar-refractivity contribution in [2.75, 3.05) is 32.8 Å². The van der Waals surface area contributed by atoms with E-state index in [1.807, 2.05) is 31.2 Å². The first-order valence-electron chi connectivity index (χ1n) is 10.2. The molecular weight excluding hydrogens is 382 g/mol. The first-order valence-corrected chi connectivity index (χ1v) is 10.2. The van der Waals surface area contributed by atoms with Crippen LogP contribution in [0.4, 0.5) is 0 Å². The number of nitrogens with zero attached hydrogens (tertiary/aromatic N) is 3. The van der Waals surface area contributed by atoms with Crippen molar-refractivity contribution in [2.24, 2.45) is 0 Å². The Balaban J connectivity index is 1.54. The number of ether oxygens (including phenoxy) is 1. The molecule has 1 aliphatic heterocycles. The van der Waals surface area contributed by atoms with Gasteiger partial charge in [-0.05, 0) is 37.6 Å². The second-order valence-corrected chi connectivity index (χ2v) is 7.34. The van der Waals surface area contributed by atoms with Gasteiger partial charge in [-0.2, -0.15) is 0 Å². The van der Waals surface area contributed by atoms with Gasteiger partial charge in [-0.15, -0.1) is 0 Å². The molecule has 1 aliphatic rings. The zero-order valence-electron chi connectivity index (χ0n) is 17.3. The van der Waals surface area contributed by atoms with Crippen LogP contribution in [0.5, 0.6) is 0 Å². The molecule has 7 heteroatoms. The van der Waals surface area contributed by atoms with Crippen molar-refractivity contribution >= 4 is 22.8 Å². The van der Waals surface area contributed by atoms with Crippen LogP contribution in [0.3, 0.4) is 0 Å². The molecule has 1 fully saturated rings. The molecule has 1 saturated heterocycles. The van der Waals surface area contributed by atoms with E-state index >= 15 is 0 Å². The van der Waals surface area contributed by atoms with Crippen molar-refractivity contribution in [2.45, 2.75) is 20.4 Å². The van der Waals surface area contributed by atoms with Crippen LogP contribution in [-0.2, 0) is 11.3 Å². The van der Waals surface area contributed by atoms with Crippen LogP contribution in [0, 0.1) is 6.92 Å². The van der Waals surface area contributed by atoms with Crippen molar-refractivity contribution in [3.8, 4) is 0 Å². The van der Waals surface area contributed by atoms with Gasteiger partial charge in [-0.1, -0.05) is 18.2 Å². The molecular formula is C23H25N3O4. The predicted octanol–water partition coefficient (Wildman–Crippen LogP) is 3.27. The molecule has 0 aliphatic carbocycles. The van der Waals surface area contributed by atoms with Gasteiger partial charge < -0.3 is 14.1 Å². The van der Waals surface area contributed by atoms with Gasteiger partial charge in [0.1, 0.15) is 0 Å². The molecule has 0 N–H and O–H groups in total. The fraction of sp³-hybridized carbons (Fsp3) is 0.348. The van der Waals surface area contributed by atoms with E-state index in [0.717, 1.165) is 22.2 Å². The van der Waals surface area contributed by atoms with Crippen molar-refractivity contribution < 1.29 is 18.7 Å². The lowest BCUT2D eigenvalue weighted by Gasteiger charge is -2.34. The molecule has 4 rings (SSSR count). The molecule has 7 nitrogen and oxygen atoms in total. The molecule has 3 heterocycles. The smallest absolute Gasteiger partial charge is 0.340 e. The van der Waals surface area contributed by atoms with E-state index in [1.54, 1.807) is 24.0 Å². The summed E-state index contributed by atoms with van der Waals surface area (Å²) in [6, 6.07) is 11.2. The number of fused-ring (bicyclic) bond motifs is 1. The number of carbonyl (C=O) groups excluding carboxylic acids is 2. The van der Waals surface area contributed by atoms with Crippen molar-refractivity contribution in [1.29, 1.82) is 0 Å². The maximum absolute atomic E-state index is 12.7. The number of amides is 1. The highest BCUT2D eigenvalue weighted by Crippen LogP contribution is 2.25. The minimum absolute atomic E-state index is 0.0912. The zero-order valence-corrected chi connectivity index (χ0v) is 17.3. The SMILES string of the molecule is CCOC(=O)c1c(CN2CCN(C(=O)c3ccco3)CC2)nc2ccccc2c1C. The lowest BCUT2D eigenvalue weighted by molar-refractivity contribution is 0.0520. The molecule has 0 atom stereocenters. The maximum atomic E-state index is 12.7. The van der Waals surface area contributed by atoms with Crippen LogP contribution in [0.2, 0.25) is 0 Å². The molecule has 2 aromatic heterocycles. The number of aromatic nitrogens is 1. The summed E-state index contributed by atoms with van der Waals surface area (Å²) >= 11 is 0. The Hall–Kier alpha value is -3.19. The number of aryl methyl sites for hydroxylation is 1. The molecule has 30 heavy (non-hydrogen) atoms.